The second-order valence-electron chi connectivity index (χ2n) is 7.67. The number of para-hydroxylation sites is 2. The van der Waals surface area contributed by atoms with Gasteiger partial charge in [-0.1, -0.05) is 31.2 Å². The molecule has 2 aromatic heterocycles. The zero-order chi connectivity index (χ0) is 22.1. The predicted molar refractivity (Wildman–Crippen MR) is 123 cm³/mol. The van der Waals surface area contributed by atoms with Crippen molar-refractivity contribution in [3.8, 4) is 22.6 Å². The topological polar surface area (TPSA) is 67.5 Å². The number of benzene rings is 2. The number of hydrogen-bond donors (Lipinski definition) is 1. The number of H-pyrrole nitrogens is 1. The molecule has 0 spiro atoms. The molecule has 1 unspecified atom stereocenters. The minimum atomic E-state index is -0.307. The molecule has 3 heterocycles. The number of fused-ring (bicyclic) bond motifs is 2. The van der Waals surface area contributed by atoms with E-state index in [9.17, 15) is 9.18 Å². The molecule has 1 aliphatic heterocycles. The average molecular weight is 452 g/mol. The summed E-state index contributed by atoms with van der Waals surface area (Å²) in [6.45, 7) is 4.45. The number of thiophene rings is 1. The first-order valence-electron chi connectivity index (χ1n) is 10.5. The second kappa shape index (κ2) is 8.72. The van der Waals surface area contributed by atoms with Gasteiger partial charge in [-0.05, 0) is 36.4 Å². The fourth-order valence-corrected chi connectivity index (χ4v) is 4.84. The van der Waals surface area contributed by atoms with Crippen molar-refractivity contribution in [2.24, 2.45) is 0 Å². The highest BCUT2D eigenvalue weighted by Crippen LogP contribution is 2.32. The van der Waals surface area contributed by atoms with Crippen LogP contribution in [0.3, 0.4) is 0 Å². The van der Waals surface area contributed by atoms with Gasteiger partial charge in [0.15, 0.2) is 11.5 Å². The van der Waals surface area contributed by atoms with Gasteiger partial charge < -0.3 is 14.5 Å². The standard InChI is InChI=1S/C24H22FN3O3S/c1-2-28(11-17-13-30-19-5-3-4-6-20(19)31-17)12-21-26-23(29)22-18(14-32-24(22)27-21)15-7-9-16(25)10-8-15/h3-10,14,17H,2,11-13H2,1H3,(H,26,27,29). The SMILES string of the molecule is CCN(Cc1nc2scc(-c3ccc(F)cc3)c2c(=O)[nH]1)CC1COc2ccccc2O1. The second-order valence-corrected chi connectivity index (χ2v) is 8.53. The van der Waals surface area contributed by atoms with Crippen LogP contribution in [0.5, 0.6) is 11.5 Å². The van der Waals surface area contributed by atoms with E-state index in [1.54, 1.807) is 12.1 Å². The maximum atomic E-state index is 13.3. The zero-order valence-corrected chi connectivity index (χ0v) is 18.3. The number of aromatic nitrogens is 2. The van der Waals surface area contributed by atoms with E-state index in [1.807, 2.05) is 29.6 Å². The van der Waals surface area contributed by atoms with Crippen molar-refractivity contribution < 1.29 is 13.9 Å². The minimum absolute atomic E-state index is 0.105. The zero-order valence-electron chi connectivity index (χ0n) is 17.5. The fraction of sp³-hybridized carbons (Fsp3) is 0.250. The summed E-state index contributed by atoms with van der Waals surface area (Å²) in [4.78, 5) is 23.4. The van der Waals surface area contributed by atoms with Gasteiger partial charge in [0.1, 0.15) is 29.2 Å². The summed E-state index contributed by atoms with van der Waals surface area (Å²) in [5.41, 5.74) is 1.37. The third-order valence-electron chi connectivity index (χ3n) is 5.50. The Morgan fingerprint density at radius 2 is 1.97 bits per heavy atom. The molecule has 164 valence electrons. The molecule has 4 aromatic rings. The van der Waals surface area contributed by atoms with Crippen molar-refractivity contribution in [1.29, 1.82) is 0 Å². The summed E-state index contributed by atoms with van der Waals surface area (Å²) in [6, 6.07) is 13.8. The lowest BCUT2D eigenvalue weighted by atomic mass is 10.1. The molecule has 0 aliphatic carbocycles. The summed E-state index contributed by atoms with van der Waals surface area (Å²) in [5, 5.41) is 2.43. The third kappa shape index (κ3) is 4.11. The van der Waals surface area contributed by atoms with E-state index in [0.29, 0.717) is 35.7 Å². The highest BCUT2D eigenvalue weighted by molar-refractivity contribution is 7.17. The van der Waals surface area contributed by atoms with Crippen LogP contribution >= 0.6 is 11.3 Å². The number of aromatic amines is 1. The van der Waals surface area contributed by atoms with Crippen LogP contribution < -0.4 is 15.0 Å². The number of nitrogens with one attached hydrogen (secondary N) is 1. The summed E-state index contributed by atoms with van der Waals surface area (Å²) in [6.07, 6.45) is -0.105. The van der Waals surface area contributed by atoms with Crippen LogP contribution in [0.25, 0.3) is 21.3 Å². The highest BCUT2D eigenvalue weighted by atomic mass is 32.1. The van der Waals surface area contributed by atoms with Crippen LogP contribution in [0, 0.1) is 5.82 Å². The van der Waals surface area contributed by atoms with Gasteiger partial charge in [-0.15, -0.1) is 11.3 Å². The molecule has 0 saturated heterocycles. The van der Waals surface area contributed by atoms with E-state index in [-0.39, 0.29) is 17.5 Å². The lowest BCUT2D eigenvalue weighted by molar-refractivity contribution is 0.0573. The van der Waals surface area contributed by atoms with E-state index >= 15 is 0 Å². The molecule has 6 nitrogen and oxygen atoms in total. The Labute approximate surface area is 188 Å². The third-order valence-corrected chi connectivity index (χ3v) is 6.37. The fourth-order valence-electron chi connectivity index (χ4n) is 3.87. The number of ether oxygens (including phenoxy) is 2. The smallest absolute Gasteiger partial charge is 0.260 e. The van der Waals surface area contributed by atoms with Gasteiger partial charge in [-0.2, -0.15) is 0 Å². The lowest BCUT2D eigenvalue weighted by Crippen LogP contribution is -2.41. The van der Waals surface area contributed by atoms with Crippen LogP contribution in [0.15, 0.2) is 58.7 Å². The Hall–Kier alpha value is -3.23. The van der Waals surface area contributed by atoms with Gasteiger partial charge in [0.05, 0.1) is 11.9 Å². The highest BCUT2D eigenvalue weighted by Gasteiger charge is 2.23. The van der Waals surface area contributed by atoms with Gasteiger partial charge in [0.2, 0.25) is 0 Å². The molecule has 5 rings (SSSR count). The first kappa shape index (κ1) is 20.7. The Morgan fingerprint density at radius 1 is 1.19 bits per heavy atom. The van der Waals surface area contributed by atoms with Crippen molar-refractivity contribution in [2.45, 2.75) is 19.6 Å². The van der Waals surface area contributed by atoms with Crippen molar-refractivity contribution in [1.82, 2.24) is 14.9 Å². The number of hydrogen-bond acceptors (Lipinski definition) is 6. The molecule has 0 saturated carbocycles. The molecule has 0 fully saturated rings. The largest absolute Gasteiger partial charge is 0.486 e. The van der Waals surface area contributed by atoms with Gasteiger partial charge in [-0.25, -0.2) is 9.37 Å². The number of nitrogens with zero attached hydrogens (tertiary/aromatic N) is 2. The van der Waals surface area contributed by atoms with E-state index < -0.39 is 0 Å². The summed E-state index contributed by atoms with van der Waals surface area (Å²) in [7, 11) is 0. The Morgan fingerprint density at radius 3 is 2.75 bits per heavy atom. The molecule has 0 radical (unpaired) electrons. The van der Waals surface area contributed by atoms with Crippen molar-refractivity contribution in [3.63, 3.8) is 0 Å². The monoisotopic (exact) mass is 451 g/mol. The van der Waals surface area contributed by atoms with Crippen molar-refractivity contribution in [2.75, 3.05) is 19.7 Å². The van der Waals surface area contributed by atoms with Gasteiger partial charge in [0.25, 0.3) is 5.56 Å². The normalized spacial score (nSPS) is 15.4. The van der Waals surface area contributed by atoms with Gasteiger partial charge in [0, 0.05) is 17.5 Å². The number of halogens is 1. The number of likely N-dealkylation sites (N-methyl/N-ethyl adjacent to an activating group) is 1. The van der Waals surface area contributed by atoms with E-state index in [2.05, 4.69) is 16.8 Å². The predicted octanol–water partition coefficient (Wildman–Crippen LogP) is 4.45. The van der Waals surface area contributed by atoms with Gasteiger partial charge >= 0.3 is 0 Å². The Balaban J connectivity index is 1.34. The first-order valence-corrected chi connectivity index (χ1v) is 11.4. The first-order chi connectivity index (χ1) is 15.6. The molecule has 0 amide bonds. The summed E-state index contributed by atoms with van der Waals surface area (Å²) < 4.78 is 25.2. The van der Waals surface area contributed by atoms with E-state index in [0.717, 1.165) is 29.2 Å². The minimum Gasteiger partial charge on any atom is -0.486 e. The van der Waals surface area contributed by atoms with Crippen LogP contribution in [-0.4, -0.2) is 40.7 Å². The van der Waals surface area contributed by atoms with Gasteiger partial charge in [-0.3, -0.25) is 9.69 Å². The maximum absolute atomic E-state index is 13.3. The Bertz CT molecular complexity index is 1300. The van der Waals surface area contributed by atoms with Crippen LogP contribution in [0.4, 0.5) is 4.39 Å². The molecule has 0 bridgehead atoms. The van der Waals surface area contributed by atoms with Crippen LogP contribution in [0.1, 0.15) is 12.7 Å². The molecule has 1 atom stereocenters. The lowest BCUT2D eigenvalue weighted by Gasteiger charge is -2.30. The van der Waals surface area contributed by atoms with E-state index in [4.69, 9.17) is 14.5 Å². The molecule has 1 N–H and O–H groups in total. The molecule has 2 aromatic carbocycles. The molecule has 1 aliphatic rings. The summed E-state index contributed by atoms with van der Waals surface area (Å²) >= 11 is 1.42. The molecule has 32 heavy (non-hydrogen) atoms. The Kier molecular flexibility index (Phi) is 5.63. The molecular weight excluding hydrogens is 429 g/mol. The van der Waals surface area contributed by atoms with Crippen molar-refractivity contribution in [3.05, 3.63) is 75.9 Å². The molecule has 8 heteroatoms. The van der Waals surface area contributed by atoms with E-state index in [1.165, 1.54) is 23.5 Å². The van der Waals surface area contributed by atoms with Crippen LogP contribution in [-0.2, 0) is 6.54 Å². The maximum Gasteiger partial charge on any atom is 0.260 e. The quantitative estimate of drug-likeness (QED) is 0.469. The van der Waals surface area contributed by atoms with Crippen molar-refractivity contribution >= 4 is 21.6 Å². The summed E-state index contributed by atoms with van der Waals surface area (Å²) in [5.74, 6) is 1.81. The molecular formula is C24H22FN3O3S. The average Bonchev–Trinajstić information content (AvgIpc) is 3.23. The van der Waals surface area contributed by atoms with Crippen LogP contribution in [0.2, 0.25) is 0 Å². The number of rotatable bonds is 6.